The third-order valence-electron chi connectivity index (χ3n) is 2.39. The molecule has 1 aromatic carbocycles. The molecule has 0 amide bonds. The Kier molecular flexibility index (Phi) is 5.41. The zero-order valence-electron chi connectivity index (χ0n) is 9.82. The molecule has 0 heterocycles. The molecule has 0 aromatic heterocycles. The van der Waals surface area contributed by atoms with Gasteiger partial charge in [-0.05, 0) is 42.6 Å². The summed E-state index contributed by atoms with van der Waals surface area (Å²) in [5.41, 5.74) is 0.420. The largest absolute Gasteiger partial charge is 0.401 e. The summed E-state index contributed by atoms with van der Waals surface area (Å²) in [7, 11) is 0. The zero-order chi connectivity index (χ0) is 13.8. The minimum atomic E-state index is -4.22. The van der Waals surface area contributed by atoms with Crippen molar-refractivity contribution in [2.45, 2.75) is 19.5 Å². The molecule has 0 aliphatic carbocycles. The van der Waals surface area contributed by atoms with Gasteiger partial charge in [-0.15, -0.1) is 0 Å². The van der Waals surface area contributed by atoms with Crippen LogP contribution in [0.2, 0.25) is 5.02 Å². The average molecular weight is 284 g/mol. The maximum atomic E-state index is 13.4. The van der Waals surface area contributed by atoms with Crippen LogP contribution in [0.1, 0.15) is 12.5 Å². The predicted octanol–water partition coefficient (Wildman–Crippen LogP) is 3.81. The summed E-state index contributed by atoms with van der Waals surface area (Å²) in [6, 6.07) is 4.19. The number of halogens is 5. The van der Waals surface area contributed by atoms with E-state index < -0.39 is 12.7 Å². The van der Waals surface area contributed by atoms with Gasteiger partial charge in [-0.3, -0.25) is 0 Å². The summed E-state index contributed by atoms with van der Waals surface area (Å²) >= 11 is 5.73. The van der Waals surface area contributed by atoms with Crippen molar-refractivity contribution in [3.05, 3.63) is 34.6 Å². The lowest BCUT2D eigenvalue weighted by Gasteiger charge is -2.14. The van der Waals surface area contributed by atoms with E-state index in [4.69, 9.17) is 11.6 Å². The Morgan fingerprint density at radius 1 is 1.33 bits per heavy atom. The minimum absolute atomic E-state index is 0.111. The molecular formula is C12H14ClF4N. The lowest BCUT2D eigenvalue weighted by atomic mass is 10.0. The highest BCUT2D eigenvalue weighted by atomic mass is 35.5. The molecule has 1 nitrogen and oxygen atoms in total. The van der Waals surface area contributed by atoms with E-state index in [9.17, 15) is 17.6 Å². The summed E-state index contributed by atoms with van der Waals surface area (Å²) in [4.78, 5) is 0. The van der Waals surface area contributed by atoms with E-state index in [2.05, 4.69) is 5.32 Å². The number of hydrogen-bond donors (Lipinski definition) is 1. The number of alkyl halides is 3. The molecule has 18 heavy (non-hydrogen) atoms. The highest BCUT2D eigenvalue weighted by Gasteiger charge is 2.26. The van der Waals surface area contributed by atoms with Crippen LogP contribution in [0, 0.1) is 11.7 Å². The first-order valence-electron chi connectivity index (χ1n) is 5.49. The van der Waals surface area contributed by atoms with Gasteiger partial charge in [0.1, 0.15) is 5.82 Å². The monoisotopic (exact) mass is 283 g/mol. The van der Waals surface area contributed by atoms with Crippen LogP contribution in [0.5, 0.6) is 0 Å². The van der Waals surface area contributed by atoms with E-state index in [1.54, 1.807) is 6.92 Å². The van der Waals surface area contributed by atoms with Crippen molar-refractivity contribution in [3.63, 3.8) is 0 Å². The fourth-order valence-corrected chi connectivity index (χ4v) is 1.80. The fraction of sp³-hybridized carbons (Fsp3) is 0.500. The van der Waals surface area contributed by atoms with Crippen LogP contribution in [0.25, 0.3) is 0 Å². The molecule has 0 spiro atoms. The average Bonchev–Trinajstić information content (AvgIpc) is 2.21. The lowest BCUT2D eigenvalue weighted by molar-refractivity contribution is -0.125. The second-order valence-electron chi connectivity index (χ2n) is 4.29. The van der Waals surface area contributed by atoms with E-state index in [1.807, 2.05) is 0 Å². The van der Waals surface area contributed by atoms with Crippen molar-refractivity contribution >= 4 is 11.6 Å². The van der Waals surface area contributed by atoms with Gasteiger partial charge in [-0.1, -0.05) is 18.5 Å². The van der Waals surface area contributed by atoms with E-state index in [-0.39, 0.29) is 18.3 Å². The Balaban J connectivity index is 2.44. The van der Waals surface area contributed by atoms with Crippen molar-refractivity contribution in [1.82, 2.24) is 5.32 Å². The van der Waals surface area contributed by atoms with Crippen molar-refractivity contribution < 1.29 is 17.6 Å². The zero-order valence-corrected chi connectivity index (χ0v) is 10.6. The smallest absolute Gasteiger partial charge is 0.308 e. The van der Waals surface area contributed by atoms with Crippen LogP contribution in [0.3, 0.4) is 0 Å². The van der Waals surface area contributed by atoms with Crippen LogP contribution in [-0.4, -0.2) is 19.3 Å². The number of rotatable bonds is 5. The first-order valence-corrected chi connectivity index (χ1v) is 5.87. The SMILES string of the molecule is CC(CNCC(F)(F)F)Cc1cc(Cl)ccc1F. The third-order valence-corrected chi connectivity index (χ3v) is 2.63. The van der Waals surface area contributed by atoms with E-state index >= 15 is 0 Å². The maximum absolute atomic E-state index is 13.4. The molecule has 0 aliphatic heterocycles. The topological polar surface area (TPSA) is 12.0 Å². The van der Waals surface area contributed by atoms with Crippen LogP contribution < -0.4 is 5.32 Å². The summed E-state index contributed by atoms with van der Waals surface area (Å²) in [6.07, 6.45) is -3.88. The molecule has 0 bridgehead atoms. The van der Waals surface area contributed by atoms with Crippen LogP contribution in [0.15, 0.2) is 18.2 Å². The van der Waals surface area contributed by atoms with E-state index in [0.717, 1.165) is 0 Å². The molecule has 0 saturated carbocycles. The van der Waals surface area contributed by atoms with Gasteiger partial charge in [0.15, 0.2) is 0 Å². The minimum Gasteiger partial charge on any atom is -0.308 e. The second kappa shape index (κ2) is 6.38. The fourth-order valence-electron chi connectivity index (χ4n) is 1.61. The molecule has 6 heteroatoms. The van der Waals surface area contributed by atoms with Gasteiger partial charge in [0.2, 0.25) is 0 Å². The Hall–Kier alpha value is -0.810. The summed E-state index contributed by atoms with van der Waals surface area (Å²) in [5, 5.41) is 2.72. The van der Waals surface area contributed by atoms with Crippen molar-refractivity contribution in [1.29, 1.82) is 0 Å². The van der Waals surface area contributed by atoms with Crippen LogP contribution >= 0.6 is 11.6 Å². The summed E-state index contributed by atoms with van der Waals surface area (Å²) in [5.74, 6) is -0.498. The number of nitrogens with one attached hydrogen (secondary N) is 1. The molecule has 0 radical (unpaired) electrons. The molecule has 1 unspecified atom stereocenters. The first kappa shape index (κ1) is 15.2. The number of benzene rings is 1. The second-order valence-corrected chi connectivity index (χ2v) is 4.73. The molecule has 102 valence electrons. The van der Waals surface area contributed by atoms with Crippen molar-refractivity contribution in [2.75, 3.05) is 13.1 Å². The standard InChI is InChI=1S/C12H14ClF4N/c1-8(6-18-7-12(15,16)17)4-9-5-10(13)2-3-11(9)14/h2-3,5,8,18H,4,6-7H2,1H3. The highest BCUT2D eigenvalue weighted by Crippen LogP contribution is 2.18. The number of hydrogen-bond acceptors (Lipinski definition) is 1. The normalized spacial score (nSPS) is 13.7. The first-order chi connectivity index (χ1) is 8.28. The Morgan fingerprint density at radius 2 is 2.00 bits per heavy atom. The molecule has 0 fully saturated rings. The molecular weight excluding hydrogens is 270 g/mol. The molecule has 1 aromatic rings. The van der Waals surface area contributed by atoms with Crippen molar-refractivity contribution in [2.24, 2.45) is 5.92 Å². The van der Waals surface area contributed by atoms with Gasteiger partial charge in [-0.25, -0.2) is 4.39 Å². The molecule has 1 N–H and O–H groups in total. The van der Waals surface area contributed by atoms with Gasteiger partial charge in [-0.2, -0.15) is 13.2 Å². The quantitative estimate of drug-likeness (QED) is 0.810. The van der Waals surface area contributed by atoms with Crippen LogP contribution in [-0.2, 0) is 6.42 Å². The van der Waals surface area contributed by atoms with Gasteiger partial charge in [0, 0.05) is 5.02 Å². The Morgan fingerprint density at radius 3 is 2.61 bits per heavy atom. The van der Waals surface area contributed by atoms with Crippen LogP contribution in [0.4, 0.5) is 17.6 Å². The van der Waals surface area contributed by atoms with Gasteiger partial charge >= 0.3 is 6.18 Å². The molecule has 1 atom stereocenters. The van der Waals surface area contributed by atoms with Gasteiger partial charge in [0.05, 0.1) is 6.54 Å². The molecule has 0 aliphatic rings. The molecule has 1 rings (SSSR count). The summed E-state index contributed by atoms with van der Waals surface area (Å²) in [6.45, 7) is 0.893. The maximum Gasteiger partial charge on any atom is 0.401 e. The lowest BCUT2D eigenvalue weighted by Crippen LogP contribution is -2.32. The van der Waals surface area contributed by atoms with Gasteiger partial charge in [0.25, 0.3) is 0 Å². The Bertz CT molecular complexity index is 392. The van der Waals surface area contributed by atoms with Crippen molar-refractivity contribution in [3.8, 4) is 0 Å². The third kappa shape index (κ3) is 5.69. The van der Waals surface area contributed by atoms with E-state index in [0.29, 0.717) is 17.0 Å². The molecule has 0 saturated heterocycles. The van der Waals surface area contributed by atoms with Gasteiger partial charge < -0.3 is 5.32 Å². The summed E-state index contributed by atoms with van der Waals surface area (Å²) < 4.78 is 49.1. The van der Waals surface area contributed by atoms with E-state index in [1.165, 1.54) is 18.2 Å². The Labute approximate surface area is 108 Å². The highest BCUT2D eigenvalue weighted by molar-refractivity contribution is 6.30. The predicted molar refractivity (Wildman–Crippen MR) is 63.2 cm³/mol.